The summed E-state index contributed by atoms with van der Waals surface area (Å²) in [5, 5.41) is 4.31. The Bertz CT molecular complexity index is 718. The molecular weight excluding hydrogens is 360 g/mol. The van der Waals surface area contributed by atoms with Crippen LogP contribution in [0, 0.1) is 0 Å². The van der Waals surface area contributed by atoms with Crippen molar-refractivity contribution < 1.29 is 9.15 Å². The second kappa shape index (κ2) is 8.99. The van der Waals surface area contributed by atoms with Gasteiger partial charge in [-0.1, -0.05) is 12.1 Å². The van der Waals surface area contributed by atoms with Gasteiger partial charge in [0.2, 0.25) is 0 Å². The molecule has 2 saturated heterocycles. The number of para-hydroxylation sites is 2. The smallest absolute Gasteiger partial charge is 0.198 e. The van der Waals surface area contributed by atoms with Crippen LogP contribution in [0.3, 0.4) is 0 Å². The zero-order valence-electron chi connectivity index (χ0n) is 15.7. The molecule has 2 aliphatic rings. The molecule has 0 bridgehead atoms. The van der Waals surface area contributed by atoms with Crippen LogP contribution >= 0.6 is 12.2 Å². The molecule has 27 heavy (non-hydrogen) atoms. The van der Waals surface area contributed by atoms with Gasteiger partial charge in [0.15, 0.2) is 16.6 Å². The quantitative estimate of drug-likeness (QED) is 0.624. The number of nitrogens with one attached hydrogen (secondary N) is 1. The van der Waals surface area contributed by atoms with Crippen molar-refractivity contribution >= 4 is 28.4 Å². The second-order valence-corrected chi connectivity index (χ2v) is 7.71. The average molecular weight is 389 g/mol. The van der Waals surface area contributed by atoms with E-state index in [4.69, 9.17) is 21.4 Å². The maximum atomic E-state index is 5.95. The number of morpholine rings is 1. The lowest BCUT2D eigenvalue weighted by molar-refractivity contribution is 0.0375. The predicted molar refractivity (Wildman–Crippen MR) is 110 cm³/mol. The van der Waals surface area contributed by atoms with E-state index in [0.29, 0.717) is 5.92 Å². The molecule has 0 radical (unpaired) electrons. The molecule has 0 atom stereocenters. The summed E-state index contributed by atoms with van der Waals surface area (Å²) >= 11 is 5.59. The van der Waals surface area contributed by atoms with Gasteiger partial charge in [-0.25, -0.2) is 4.98 Å². The van der Waals surface area contributed by atoms with Crippen LogP contribution in [0.25, 0.3) is 11.1 Å². The van der Waals surface area contributed by atoms with Crippen LogP contribution in [0.15, 0.2) is 28.7 Å². The van der Waals surface area contributed by atoms with E-state index >= 15 is 0 Å². The Hall–Kier alpha value is -1.70. The number of thiocarbonyl (C=S) groups is 1. The molecule has 1 N–H and O–H groups in total. The van der Waals surface area contributed by atoms with Gasteiger partial charge in [0, 0.05) is 38.6 Å². The number of piperidine rings is 1. The number of ether oxygens (including phenoxy) is 1. The van der Waals surface area contributed by atoms with Crippen molar-refractivity contribution in [3.05, 3.63) is 30.2 Å². The van der Waals surface area contributed by atoms with E-state index in [1.165, 1.54) is 0 Å². The first kappa shape index (κ1) is 18.7. The maximum absolute atomic E-state index is 5.95. The lowest BCUT2D eigenvalue weighted by Crippen LogP contribution is -2.45. The van der Waals surface area contributed by atoms with E-state index in [2.05, 4.69) is 20.1 Å². The molecule has 2 aliphatic heterocycles. The molecule has 7 heteroatoms. The van der Waals surface area contributed by atoms with Gasteiger partial charge in [-0.3, -0.25) is 4.90 Å². The number of benzene rings is 1. The van der Waals surface area contributed by atoms with Gasteiger partial charge >= 0.3 is 0 Å². The Kier molecular flexibility index (Phi) is 6.21. The van der Waals surface area contributed by atoms with Gasteiger partial charge in [0.25, 0.3) is 0 Å². The number of likely N-dealkylation sites (tertiary alicyclic amines) is 1. The highest BCUT2D eigenvalue weighted by Gasteiger charge is 2.25. The van der Waals surface area contributed by atoms with Crippen molar-refractivity contribution in [3.63, 3.8) is 0 Å². The topological polar surface area (TPSA) is 53.8 Å². The molecule has 0 saturated carbocycles. The van der Waals surface area contributed by atoms with Gasteiger partial charge in [-0.15, -0.1) is 0 Å². The van der Waals surface area contributed by atoms with Crippen LogP contribution in [0.5, 0.6) is 0 Å². The normalized spacial score (nSPS) is 19.5. The molecule has 4 rings (SSSR count). The third-order valence-electron chi connectivity index (χ3n) is 5.47. The van der Waals surface area contributed by atoms with Crippen LogP contribution < -0.4 is 5.32 Å². The molecule has 0 aliphatic carbocycles. The highest BCUT2D eigenvalue weighted by Crippen LogP contribution is 2.29. The highest BCUT2D eigenvalue weighted by molar-refractivity contribution is 7.80. The molecule has 2 fully saturated rings. The number of fused-ring (bicyclic) bond motifs is 1. The van der Waals surface area contributed by atoms with Gasteiger partial charge < -0.3 is 19.4 Å². The largest absolute Gasteiger partial charge is 0.440 e. The molecule has 1 aromatic heterocycles. The van der Waals surface area contributed by atoms with E-state index < -0.39 is 0 Å². The van der Waals surface area contributed by atoms with Crippen molar-refractivity contribution in [1.29, 1.82) is 0 Å². The summed E-state index contributed by atoms with van der Waals surface area (Å²) < 4.78 is 11.3. The number of hydrogen-bond donors (Lipinski definition) is 1. The zero-order valence-corrected chi connectivity index (χ0v) is 16.5. The van der Waals surface area contributed by atoms with E-state index in [1.807, 2.05) is 24.3 Å². The van der Waals surface area contributed by atoms with Crippen molar-refractivity contribution in [2.75, 3.05) is 52.5 Å². The van der Waals surface area contributed by atoms with E-state index in [9.17, 15) is 0 Å². The summed E-state index contributed by atoms with van der Waals surface area (Å²) in [6, 6.07) is 7.98. The van der Waals surface area contributed by atoms with Gasteiger partial charge in [-0.2, -0.15) is 0 Å². The minimum atomic E-state index is 0.387. The van der Waals surface area contributed by atoms with Crippen LogP contribution in [0.2, 0.25) is 0 Å². The van der Waals surface area contributed by atoms with Crippen molar-refractivity contribution in [2.24, 2.45) is 0 Å². The number of oxazole rings is 1. The Morgan fingerprint density at radius 3 is 2.70 bits per heavy atom. The summed E-state index contributed by atoms with van der Waals surface area (Å²) in [5.74, 6) is 1.26. The van der Waals surface area contributed by atoms with Crippen LogP contribution in [-0.4, -0.2) is 72.4 Å². The number of nitrogens with zero attached hydrogens (tertiary/aromatic N) is 3. The number of aromatic nitrogens is 1. The number of rotatable bonds is 5. The lowest BCUT2D eigenvalue weighted by atomic mass is 9.97. The van der Waals surface area contributed by atoms with Gasteiger partial charge in [-0.05, 0) is 50.2 Å². The molecule has 0 amide bonds. The first-order chi connectivity index (χ1) is 13.3. The molecule has 0 spiro atoms. The van der Waals surface area contributed by atoms with Gasteiger partial charge in [0.1, 0.15) is 5.52 Å². The summed E-state index contributed by atoms with van der Waals surface area (Å²) in [6.07, 6.45) is 3.17. The minimum Gasteiger partial charge on any atom is -0.440 e. The Balaban J connectivity index is 1.18. The van der Waals surface area contributed by atoms with Gasteiger partial charge in [0.05, 0.1) is 13.2 Å². The van der Waals surface area contributed by atoms with E-state index in [1.54, 1.807) is 0 Å². The van der Waals surface area contributed by atoms with Crippen molar-refractivity contribution in [1.82, 2.24) is 20.1 Å². The molecule has 146 valence electrons. The first-order valence-corrected chi connectivity index (χ1v) is 10.4. The molecule has 3 heterocycles. The fourth-order valence-electron chi connectivity index (χ4n) is 3.83. The Morgan fingerprint density at radius 1 is 1.15 bits per heavy atom. The van der Waals surface area contributed by atoms with Crippen molar-refractivity contribution in [2.45, 2.75) is 25.2 Å². The minimum absolute atomic E-state index is 0.387. The molecule has 6 nitrogen and oxygen atoms in total. The molecule has 0 unspecified atom stereocenters. The third-order valence-corrected chi connectivity index (χ3v) is 5.88. The second-order valence-electron chi connectivity index (χ2n) is 7.32. The predicted octanol–water partition coefficient (Wildman–Crippen LogP) is 2.60. The molecule has 1 aromatic carbocycles. The summed E-state index contributed by atoms with van der Waals surface area (Å²) in [4.78, 5) is 9.40. The fraction of sp³-hybridized carbons (Fsp3) is 0.600. The van der Waals surface area contributed by atoms with Crippen LogP contribution in [0.1, 0.15) is 31.1 Å². The molecule has 2 aromatic rings. The number of hydrogen-bond acceptors (Lipinski definition) is 5. The monoisotopic (exact) mass is 388 g/mol. The summed E-state index contributed by atoms with van der Waals surface area (Å²) in [6.45, 7) is 7.78. The van der Waals surface area contributed by atoms with Crippen LogP contribution in [0.4, 0.5) is 0 Å². The third kappa shape index (κ3) is 4.78. The maximum Gasteiger partial charge on any atom is 0.198 e. The summed E-state index contributed by atoms with van der Waals surface area (Å²) in [7, 11) is 0. The van der Waals surface area contributed by atoms with E-state index in [0.717, 1.165) is 93.8 Å². The average Bonchev–Trinajstić information content (AvgIpc) is 3.16. The van der Waals surface area contributed by atoms with Crippen molar-refractivity contribution in [3.8, 4) is 0 Å². The van der Waals surface area contributed by atoms with E-state index in [-0.39, 0.29) is 0 Å². The van der Waals surface area contributed by atoms with Crippen LogP contribution in [-0.2, 0) is 4.74 Å². The Morgan fingerprint density at radius 2 is 1.93 bits per heavy atom. The Labute approximate surface area is 165 Å². The first-order valence-electron chi connectivity index (χ1n) is 9.98. The SMILES string of the molecule is S=C(NCCCN1CCOCC1)N1CCC(c2nc3ccccc3o2)CC1. The fourth-order valence-corrected chi connectivity index (χ4v) is 4.11. The zero-order chi connectivity index (χ0) is 18.5. The lowest BCUT2D eigenvalue weighted by Gasteiger charge is -2.33. The summed E-state index contributed by atoms with van der Waals surface area (Å²) in [5.41, 5.74) is 1.83. The standard InChI is InChI=1S/C20H28N4O2S/c27-20(21-8-3-9-23-12-14-25-15-13-23)24-10-6-16(7-11-24)19-22-17-4-1-2-5-18(17)26-19/h1-2,4-5,16H,3,6-15H2,(H,21,27). The molecular formula is C20H28N4O2S. The highest BCUT2D eigenvalue weighted by atomic mass is 32.1.